The first kappa shape index (κ1) is 18.2. The van der Waals surface area contributed by atoms with Crippen LogP contribution in [0, 0.1) is 0 Å². The lowest BCUT2D eigenvalue weighted by atomic mass is 9.78. The molecule has 0 radical (unpaired) electrons. The summed E-state index contributed by atoms with van der Waals surface area (Å²) in [4.78, 5) is 2.51. The molecule has 0 saturated carbocycles. The van der Waals surface area contributed by atoms with Gasteiger partial charge in [-0.25, -0.2) is 0 Å². The molecule has 2 aliphatic rings. The van der Waals surface area contributed by atoms with Crippen molar-refractivity contribution in [3.63, 3.8) is 0 Å². The highest BCUT2D eigenvalue weighted by Crippen LogP contribution is 2.39. The van der Waals surface area contributed by atoms with Crippen LogP contribution in [0.5, 0.6) is 0 Å². The molecule has 30 heavy (non-hydrogen) atoms. The molecule has 6 rings (SSSR count). The van der Waals surface area contributed by atoms with E-state index in [4.69, 9.17) is 4.42 Å². The number of hydrogen-bond acceptors (Lipinski definition) is 3. The number of piperazine rings is 1. The van der Waals surface area contributed by atoms with Crippen LogP contribution in [0.2, 0.25) is 0 Å². The average molecular weight is 397 g/mol. The molecule has 0 spiro atoms. The standard InChI is InChI=1S/C27H28N2O/c1-2-4-22-19(3-1)5-9-26-23-8-6-21(17-20(23)7-10-25(22)26)24-11-16-30-27(24)18-29-14-12-28-13-15-29/h1-5,7,9-11,16,21,28H,6,8,12-15,17-18H2. The van der Waals surface area contributed by atoms with Crippen LogP contribution in [0.15, 0.2) is 65.3 Å². The summed E-state index contributed by atoms with van der Waals surface area (Å²) in [6, 6.07) is 20.3. The number of fused-ring (bicyclic) bond motifs is 5. The fourth-order valence-electron chi connectivity index (χ4n) is 5.55. The molecule has 3 aromatic carbocycles. The number of furan rings is 1. The molecule has 2 heterocycles. The van der Waals surface area contributed by atoms with E-state index in [0.29, 0.717) is 5.92 Å². The maximum Gasteiger partial charge on any atom is 0.121 e. The van der Waals surface area contributed by atoms with Gasteiger partial charge in [0, 0.05) is 26.2 Å². The van der Waals surface area contributed by atoms with E-state index in [1.54, 1.807) is 5.56 Å². The SMILES string of the molecule is c1ccc2c(c1)ccc1c3c(ccc12)CC(c1ccoc1CN1CCNCC1)CC3. The molecule has 1 aliphatic heterocycles. The quantitative estimate of drug-likeness (QED) is 0.479. The van der Waals surface area contributed by atoms with E-state index < -0.39 is 0 Å². The second-order valence-corrected chi connectivity index (χ2v) is 8.85. The first-order valence-electron chi connectivity index (χ1n) is 11.3. The topological polar surface area (TPSA) is 28.4 Å². The first-order chi connectivity index (χ1) is 14.9. The molecule has 1 aliphatic carbocycles. The van der Waals surface area contributed by atoms with Gasteiger partial charge in [0.2, 0.25) is 0 Å². The summed E-state index contributed by atoms with van der Waals surface area (Å²) in [6.45, 7) is 5.31. The molecule has 1 atom stereocenters. The second-order valence-electron chi connectivity index (χ2n) is 8.85. The van der Waals surface area contributed by atoms with Crippen LogP contribution >= 0.6 is 0 Å². The highest BCUT2D eigenvalue weighted by Gasteiger charge is 2.26. The summed E-state index contributed by atoms with van der Waals surface area (Å²) >= 11 is 0. The molecular formula is C27H28N2O. The van der Waals surface area contributed by atoms with Crippen molar-refractivity contribution in [3.05, 3.63) is 83.3 Å². The molecule has 152 valence electrons. The van der Waals surface area contributed by atoms with E-state index in [0.717, 1.165) is 45.6 Å². The van der Waals surface area contributed by atoms with E-state index in [1.165, 1.54) is 44.9 Å². The minimum Gasteiger partial charge on any atom is -0.468 e. The van der Waals surface area contributed by atoms with E-state index >= 15 is 0 Å². The summed E-state index contributed by atoms with van der Waals surface area (Å²) in [7, 11) is 0. The van der Waals surface area contributed by atoms with Crippen LogP contribution in [0.25, 0.3) is 21.5 Å². The Morgan fingerprint density at radius 1 is 0.900 bits per heavy atom. The van der Waals surface area contributed by atoms with Crippen molar-refractivity contribution in [3.8, 4) is 0 Å². The molecule has 1 fully saturated rings. The van der Waals surface area contributed by atoms with Crippen LogP contribution in [-0.2, 0) is 19.4 Å². The molecule has 3 nitrogen and oxygen atoms in total. The van der Waals surface area contributed by atoms with E-state index in [2.05, 4.69) is 64.8 Å². The molecule has 0 amide bonds. The van der Waals surface area contributed by atoms with E-state index in [1.807, 2.05) is 6.26 Å². The Hall–Kier alpha value is -2.62. The third kappa shape index (κ3) is 3.13. The fourth-order valence-corrected chi connectivity index (χ4v) is 5.55. The summed E-state index contributed by atoms with van der Waals surface area (Å²) in [5.41, 5.74) is 4.50. The minimum atomic E-state index is 0.562. The van der Waals surface area contributed by atoms with E-state index in [-0.39, 0.29) is 0 Å². The molecule has 1 saturated heterocycles. The molecule has 1 aromatic heterocycles. The summed E-state index contributed by atoms with van der Waals surface area (Å²) in [5.74, 6) is 1.74. The predicted molar refractivity (Wildman–Crippen MR) is 123 cm³/mol. The maximum atomic E-state index is 5.96. The lowest BCUT2D eigenvalue weighted by Gasteiger charge is -2.29. The van der Waals surface area contributed by atoms with Crippen molar-refractivity contribution in [2.75, 3.05) is 26.2 Å². The first-order valence-corrected chi connectivity index (χ1v) is 11.3. The highest BCUT2D eigenvalue weighted by atomic mass is 16.3. The Kier molecular flexibility index (Phi) is 4.59. The van der Waals surface area contributed by atoms with Gasteiger partial charge in [0.25, 0.3) is 0 Å². The summed E-state index contributed by atoms with van der Waals surface area (Å²) in [6.07, 6.45) is 5.36. The zero-order valence-corrected chi connectivity index (χ0v) is 17.4. The van der Waals surface area contributed by atoms with Crippen molar-refractivity contribution < 1.29 is 4.42 Å². The fraction of sp³-hybridized carbons (Fsp3) is 0.333. The van der Waals surface area contributed by atoms with Gasteiger partial charge >= 0.3 is 0 Å². The molecule has 1 N–H and O–H groups in total. The van der Waals surface area contributed by atoms with Gasteiger partial charge in [0.15, 0.2) is 0 Å². The second kappa shape index (κ2) is 7.57. The lowest BCUT2D eigenvalue weighted by molar-refractivity contribution is 0.214. The molecule has 1 unspecified atom stereocenters. The van der Waals surface area contributed by atoms with Gasteiger partial charge in [-0.2, -0.15) is 0 Å². The Labute approximate surface area is 177 Å². The Bertz CT molecular complexity index is 1200. The smallest absolute Gasteiger partial charge is 0.121 e. The number of rotatable bonds is 3. The molecule has 4 aromatic rings. The van der Waals surface area contributed by atoms with Crippen molar-refractivity contribution in [2.45, 2.75) is 31.7 Å². The van der Waals surface area contributed by atoms with Crippen LogP contribution < -0.4 is 5.32 Å². The van der Waals surface area contributed by atoms with Crippen molar-refractivity contribution >= 4 is 21.5 Å². The van der Waals surface area contributed by atoms with Crippen molar-refractivity contribution in [1.29, 1.82) is 0 Å². The van der Waals surface area contributed by atoms with Gasteiger partial charge in [-0.15, -0.1) is 0 Å². The maximum absolute atomic E-state index is 5.96. The Morgan fingerprint density at radius 3 is 2.70 bits per heavy atom. The van der Waals surface area contributed by atoms with Gasteiger partial charge in [0.05, 0.1) is 12.8 Å². The number of aryl methyl sites for hydroxylation is 1. The van der Waals surface area contributed by atoms with Crippen molar-refractivity contribution in [1.82, 2.24) is 10.2 Å². The molecule has 0 bridgehead atoms. The monoisotopic (exact) mass is 396 g/mol. The Morgan fingerprint density at radius 2 is 1.77 bits per heavy atom. The van der Waals surface area contributed by atoms with Crippen LogP contribution in [0.3, 0.4) is 0 Å². The normalized spacial score (nSPS) is 19.9. The Balaban J connectivity index is 1.31. The van der Waals surface area contributed by atoms with Gasteiger partial charge in [-0.05, 0) is 69.5 Å². The number of benzene rings is 3. The van der Waals surface area contributed by atoms with Crippen LogP contribution in [0.4, 0.5) is 0 Å². The predicted octanol–water partition coefficient (Wildman–Crippen LogP) is 5.26. The van der Waals surface area contributed by atoms with Gasteiger partial charge < -0.3 is 9.73 Å². The zero-order valence-electron chi connectivity index (χ0n) is 17.4. The number of hydrogen-bond donors (Lipinski definition) is 1. The van der Waals surface area contributed by atoms with Gasteiger partial charge in [-0.1, -0.05) is 48.5 Å². The molecule has 3 heteroatoms. The van der Waals surface area contributed by atoms with Gasteiger partial charge in [0.1, 0.15) is 5.76 Å². The minimum absolute atomic E-state index is 0.562. The van der Waals surface area contributed by atoms with Crippen molar-refractivity contribution in [2.24, 2.45) is 0 Å². The number of nitrogens with one attached hydrogen (secondary N) is 1. The number of nitrogens with zero attached hydrogens (tertiary/aromatic N) is 1. The lowest BCUT2D eigenvalue weighted by Crippen LogP contribution is -2.43. The van der Waals surface area contributed by atoms with Gasteiger partial charge in [-0.3, -0.25) is 4.90 Å². The largest absolute Gasteiger partial charge is 0.468 e. The summed E-state index contributed by atoms with van der Waals surface area (Å²) in [5, 5.41) is 8.97. The highest BCUT2D eigenvalue weighted by molar-refractivity contribution is 6.08. The zero-order chi connectivity index (χ0) is 19.9. The van der Waals surface area contributed by atoms with E-state index in [9.17, 15) is 0 Å². The average Bonchev–Trinajstić information content (AvgIpc) is 3.27. The molecular weight excluding hydrogens is 368 g/mol. The third-order valence-electron chi connectivity index (χ3n) is 7.14. The summed E-state index contributed by atoms with van der Waals surface area (Å²) < 4.78 is 5.96. The van der Waals surface area contributed by atoms with Crippen LogP contribution in [0.1, 0.15) is 34.8 Å². The third-order valence-corrected chi connectivity index (χ3v) is 7.14. The van der Waals surface area contributed by atoms with Crippen LogP contribution in [-0.4, -0.2) is 31.1 Å².